The van der Waals surface area contributed by atoms with Gasteiger partial charge in [-0.05, 0) is 46.5 Å². The van der Waals surface area contributed by atoms with E-state index in [4.69, 9.17) is 9.15 Å². The van der Waals surface area contributed by atoms with Crippen LogP contribution in [0.3, 0.4) is 0 Å². The van der Waals surface area contributed by atoms with Gasteiger partial charge in [-0.2, -0.15) is 0 Å². The molecule has 2 rings (SSSR count). The Hall–Kier alpha value is -1.01. The summed E-state index contributed by atoms with van der Waals surface area (Å²) in [6.07, 6.45) is 5.62. The van der Waals surface area contributed by atoms with E-state index in [1.54, 1.807) is 18.0 Å². The van der Waals surface area contributed by atoms with Crippen LogP contribution in [0, 0.1) is 6.92 Å². The summed E-state index contributed by atoms with van der Waals surface area (Å²) >= 11 is 1.58. The smallest absolute Gasteiger partial charge is 0.326 e. The highest BCUT2D eigenvalue weighted by Gasteiger charge is 2.39. The van der Waals surface area contributed by atoms with Gasteiger partial charge in [0, 0.05) is 11.8 Å². The Morgan fingerprint density at radius 2 is 2.38 bits per heavy atom. The molecule has 1 N–H and O–H groups in total. The van der Waals surface area contributed by atoms with Gasteiger partial charge < -0.3 is 9.15 Å². The van der Waals surface area contributed by atoms with Crippen LogP contribution in [-0.2, 0) is 9.53 Å². The highest BCUT2D eigenvalue weighted by Crippen LogP contribution is 2.27. The minimum Gasteiger partial charge on any atom is -0.465 e. The van der Waals surface area contributed by atoms with E-state index in [-0.39, 0.29) is 5.97 Å². The van der Waals surface area contributed by atoms with Crippen LogP contribution in [0.2, 0.25) is 0 Å². The predicted molar refractivity (Wildman–Crippen MR) is 82.4 cm³/mol. The zero-order valence-electron chi connectivity index (χ0n) is 13.0. The molecule has 1 aromatic rings. The number of rotatable bonds is 9. The zero-order valence-corrected chi connectivity index (χ0v) is 13.8. The van der Waals surface area contributed by atoms with Crippen molar-refractivity contribution in [1.82, 2.24) is 10.3 Å². The van der Waals surface area contributed by atoms with Crippen LogP contribution in [0.25, 0.3) is 0 Å². The standard InChI is InChI=1S/C15H24N2O3S/c1-4-19-13(18)15(3,17-12-6-7-12)8-5-9-21-14-16-11(2)10-20-14/h10,12,17H,4-9H2,1-3H3. The van der Waals surface area contributed by atoms with Crippen LogP contribution in [0.4, 0.5) is 0 Å². The van der Waals surface area contributed by atoms with Gasteiger partial charge in [0.15, 0.2) is 0 Å². The molecule has 0 saturated heterocycles. The fourth-order valence-corrected chi connectivity index (χ4v) is 2.97. The molecular formula is C15H24N2O3S. The zero-order chi connectivity index (χ0) is 15.3. The van der Waals surface area contributed by atoms with E-state index in [2.05, 4.69) is 10.3 Å². The number of oxazole rings is 1. The fourth-order valence-electron chi connectivity index (χ4n) is 2.19. The average Bonchev–Trinajstić information content (AvgIpc) is 3.15. The van der Waals surface area contributed by atoms with Gasteiger partial charge in [-0.3, -0.25) is 10.1 Å². The molecule has 6 heteroatoms. The normalized spacial score (nSPS) is 17.5. The lowest BCUT2D eigenvalue weighted by atomic mass is 9.96. The van der Waals surface area contributed by atoms with Crippen molar-refractivity contribution in [3.8, 4) is 0 Å². The first-order valence-electron chi connectivity index (χ1n) is 7.53. The summed E-state index contributed by atoms with van der Waals surface area (Å²) in [5.41, 5.74) is 0.314. The van der Waals surface area contributed by atoms with Gasteiger partial charge in [0.05, 0.1) is 12.3 Å². The van der Waals surface area contributed by atoms with E-state index in [9.17, 15) is 4.79 Å². The van der Waals surface area contributed by atoms with E-state index in [1.165, 1.54) is 0 Å². The lowest BCUT2D eigenvalue weighted by Gasteiger charge is -2.28. The molecule has 1 saturated carbocycles. The highest BCUT2D eigenvalue weighted by atomic mass is 32.2. The molecule has 5 nitrogen and oxygen atoms in total. The van der Waals surface area contributed by atoms with Crippen molar-refractivity contribution in [1.29, 1.82) is 0 Å². The molecule has 118 valence electrons. The first kappa shape index (κ1) is 16.4. The molecule has 1 aliphatic rings. The van der Waals surface area contributed by atoms with Gasteiger partial charge in [0.1, 0.15) is 11.8 Å². The van der Waals surface area contributed by atoms with Crippen LogP contribution in [0.15, 0.2) is 15.9 Å². The molecule has 1 unspecified atom stereocenters. The number of ether oxygens (including phenoxy) is 1. The molecule has 1 aromatic heterocycles. The molecule has 0 aromatic carbocycles. The van der Waals surface area contributed by atoms with Crippen LogP contribution in [0.5, 0.6) is 0 Å². The number of thioether (sulfide) groups is 1. The SMILES string of the molecule is CCOC(=O)C(C)(CCCSc1nc(C)co1)NC1CC1. The minimum absolute atomic E-state index is 0.145. The summed E-state index contributed by atoms with van der Waals surface area (Å²) in [6.45, 7) is 6.12. The lowest BCUT2D eigenvalue weighted by Crippen LogP contribution is -2.51. The third kappa shape index (κ3) is 5.04. The Bertz CT molecular complexity index is 473. The van der Waals surface area contributed by atoms with Crippen LogP contribution in [-0.4, -0.2) is 34.9 Å². The Morgan fingerprint density at radius 1 is 1.62 bits per heavy atom. The van der Waals surface area contributed by atoms with E-state index in [0.29, 0.717) is 17.9 Å². The van der Waals surface area contributed by atoms with E-state index < -0.39 is 5.54 Å². The first-order valence-corrected chi connectivity index (χ1v) is 8.52. The second-order valence-electron chi connectivity index (χ2n) is 5.68. The van der Waals surface area contributed by atoms with Gasteiger partial charge in [0.2, 0.25) is 0 Å². The Kier molecular flexibility index (Phi) is 5.70. The van der Waals surface area contributed by atoms with Gasteiger partial charge in [0.25, 0.3) is 5.22 Å². The Balaban J connectivity index is 1.79. The second kappa shape index (κ2) is 7.31. The second-order valence-corrected chi connectivity index (χ2v) is 6.72. The number of carbonyl (C=O) groups is 1. The summed E-state index contributed by atoms with van der Waals surface area (Å²) < 4.78 is 10.5. The molecule has 0 radical (unpaired) electrons. The van der Waals surface area contributed by atoms with Gasteiger partial charge >= 0.3 is 5.97 Å². The van der Waals surface area contributed by atoms with Gasteiger partial charge in [-0.1, -0.05) is 11.8 Å². The summed E-state index contributed by atoms with van der Waals surface area (Å²) in [6, 6.07) is 0.474. The highest BCUT2D eigenvalue weighted by molar-refractivity contribution is 7.99. The average molecular weight is 312 g/mol. The van der Waals surface area contributed by atoms with Crippen molar-refractivity contribution >= 4 is 17.7 Å². The third-order valence-corrected chi connectivity index (χ3v) is 4.40. The summed E-state index contributed by atoms with van der Waals surface area (Å²) in [7, 11) is 0. The summed E-state index contributed by atoms with van der Waals surface area (Å²) in [5.74, 6) is 0.732. The van der Waals surface area contributed by atoms with Gasteiger partial charge in [-0.25, -0.2) is 4.98 Å². The maximum atomic E-state index is 12.2. The summed E-state index contributed by atoms with van der Waals surface area (Å²) in [4.78, 5) is 16.4. The number of nitrogens with one attached hydrogen (secondary N) is 1. The van der Waals surface area contributed by atoms with Crippen molar-refractivity contribution < 1.29 is 13.9 Å². The third-order valence-electron chi connectivity index (χ3n) is 3.47. The maximum Gasteiger partial charge on any atom is 0.326 e. The number of aromatic nitrogens is 1. The topological polar surface area (TPSA) is 64.4 Å². The lowest BCUT2D eigenvalue weighted by molar-refractivity contribution is -0.151. The first-order chi connectivity index (χ1) is 10.0. The molecule has 0 amide bonds. The molecule has 0 bridgehead atoms. The molecule has 0 aliphatic heterocycles. The number of nitrogens with zero attached hydrogens (tertiary/aromatic N) is 1. The Labute approximate surface area is 130 Å². The van der Waals surface area contributed by atoms with Crippen LogP contribution >= 0.6 is 11.8 Å². The Morgan fingerprint density at radius 3 is 2.95 bits per heavy atom. The molecule has 21 heavy (non-hydrogen) atoms. The number of aryl methyl sites for hydroxylation is 1. The molecule has 1 atom stereocenters. The molecule has 0 spiro atoms. The molecule has 1 fully saturated rings. The minimum atomic E-state index is -0.579. The monoisotopic (exact) mass is 312 g/mol. The molecule has 1 aliphatic carbocycles. The quantitative estimate of drug-likeness (QED) is 0.430. The number of carbonyl (C=O) groups excluding carboxylic acids is 1. The molecule has 1 heterocycles. The number of esters is 1. The van der Waals surface area contributed by atoms with Gasteiger partial charge in [-0.15, -0.1) is 0 Å². The fraction of sp³-hybridized carbons (Fsp3) is 0.733. The van der Waals surface area contributed by atoms with E-state index in [0.717, 1.165) is 37.1 Å². The number of hydrogen-bond acceptors (Lipinski definition) is 6. The van der Waals surface area contributed by atoms with Crippen molar-refractivity contribution in [3.63, 3.8) is 0 Å². The predicted octanol–water partition coefficient (Wildman–Crippen LogP) is 2.93. The van der Waals surface area contributed by atoms with E-state index >= 15 is 0 Å². The van der Waals surface area contributed by atoms with Crippen molar-refractivity contribution in [2.75, 3.05) is 12.4 Å². The van der Waals surface area contributed by atoms with E-state index in [1.807, 2.05) is 20.8 Å². The maximum absolute atomic E-state index is 12.2. The van der Waals surface area contributed by atoms with Crippen LogP contribution in [0.1, 0.15) is 45.2 Å². The molecular weight excluding hydrogens is 288 g/mol. The summed E-state index contributed by atoms with van der Waals surface area (Å²) in [5, 5.41) is 4.13. The van der Waals surface area contributed by atoms with Crippen molar-refractivity contribution in [2.45, 2.75) is 63.3 Å². The van der Waals surface area contributed by atoms with Crippen molar-refractivity contribution in [3.05, 3.63) is 12.0 Å². The van der Waals surface area contributed by atoms with Crippen molar-refractivity contribution in [2.24, 2.45) is 0 Å². The number of hydrogen-bond donors (Lipinski definition) is 1. The van der Waals surface area contributed by atoms with Crippen LogP contribution < -0.4 is 5.32 Å². The largest absolute Gasteiger partial charge is 0.465 e.